The van der Waals surface area contributed by atoms with E-state index in [1.807, 2.05) is 0 Å². The van der Waals surface area contributed by atoms with Crippen LogP contribution in [0.15, 0.2) is 26.5 Å². The summed E-state index contributed by atoms with van der Waals surface area (Å²) in [5.41, 5.74) is 0. The second-order valence-electron chi connectivity index (χ2n) is 1.24. The van der Waals surface area contributed by atoms with E-state index < -0.39 is 5.82 Å². The quantitative estimate of drug-likeness (QED) is 0.526. The smallest absolute Gasteiger partial charge is 0.353 e. The maximum Gasteiger partial charge on any atom is 0.568 e. The average molecular weight is 131 g/mol. The fraction of sp³-hybridized carbons (Fsp3) is 0.250. The zero-order valence-electron chi connectivity index (χ0n) is 4.57. The molecule has 0 atom stereocenters. The highest BCUT2D eigenvalue weighted by Crippen LogP contribution is 1.76. The van der Waals surface area contributed by atoms with Gasteiger partial charge in [-0.1, -0.05) is 12.7 Å². The Labute approximate surface area is 50.0 Å². The highest BCUT2D eigenvalue weighted by molar-refractivity contribution is 4.62. The van der Waals surface area contributed by atoms with Crippen LogP contribution in [-0.2, 0) is 0 Å². The lowest BCUT2D eigenvalue weighted by Crippen LogP contribution is -2.23. The van der Waals surface area contributed by atoms with Crippen LogP contribution in [0.4, 0.5) is 0 Å². The SMILES string of the molecule is C=CCOn1oc(=O)o1. The number of aromatic nitrogens is 1. The van der Waals surface area contributed by atoms with E-state index in [9.17, 15) is 4.79 Å². The summed E-state index contributed by atoms with van der Waals surface area (Å²) in [6.07, 6.45) is 1.50. The van der Waals surface area contributed by atoms with Gasteiger partial charge in [0.25, 0.3) is 0 Å². The largest absolute Gasteiger partial charge is 0.568 e. The molecule has 0 saturated heterocycles. The summed E-state index contributed by atoms with van der Waals surface area (Å²) in [5.74, 6) is -0.765. The van der Waals surface area contributed by atoms with Gasteiger partial charge >= 0.3 is 5.82 Å². The molecule has 50 valence electrons. The van der Waals surface area contributed by atoms with Crippen LogP contribution in [0.2, 0.25) is 0 Å². The maximum absolute atomic E-state index is 9.88. The molecule has 0 fully saturated rings. The molecule has 5 nitrogen and oxygen atoms in total. The zero-order chi connectivity index (χ0) is 6.69. The molecule has 0 amide bonds. The molecular formula is C4H5NO4. The lowest BCUT2D eigenvalue weighted by molar-refractivity contribution is -0.233. The Morgan fingerprint density at radius 1 is 1.78 bits per heavy atom. The van der Waals surface area contributed by atoms with Gasteiger partial charge in [0, 0.05) is 0 Å². The van der Waals surface area contributed by atoms with Crippen LogP contribution >= 0.6 is 0 Å². The van der Waals surface area contributed by atoms with Gasteiger partial charge in [-0.05, 0) is 0 Å². The van der Waals surface area contributed by atoms with Crippen LogP contribution in [0.1, 0.15) is 0 Å². The summed E-state index contributed by atoms with van der Waals surface area (Å²) >= 11 is 0. The van der Waals surface area contributed by atoms with E-state index >= 15 is 0 Å². The molecule has 0 saturated carbocycles. The van der Waals surface area contributed by atoms with E-state index in [1.54, 1.807) is 0 Å². The highest BCUT2D eigenvalue weighted by Gasteiger charge is 1.99. The van der Waals surface area contributed by atoms with Crippen molar-refractivity contribution in [3.63, 3.8) is 0 Å². The van der Waals surface area contributed by atoms with Crippen LogP contribution in [0.5, 0.6) is 0 Å². The summed E-state index contributed by atoms with van der Waals surface area (Å²) in [7, 11) is 0. The monoisotopic (exact) mass is 131 g/mol. The number of nitrogens with zero attached hydrogens (tertiary/aromatic N) is 1. The Hall–Kier alpha value is -1.39. The van der Waals surface area contributed by atoms with Crippen LogP contribution in [0.25, 0.3) is 0 Å². The van der Waals surface area contributed by atoms with Gasteiger partial charge in [-0.15, -0.1) is 0 Å². The van der Waals surface area contributed by atoms with Crippen LogP contribution in [-0.4, -0.2) is 11.7 Å². The number of hydrogen-bond donors (Lipinski definition) is 0. The van der Waals surface area contributed by atoms with Gasteiger partial charge in [0.2, 0.25) is 0 Å². The minimum atomic E-state index is -0.765. The first kappa shape index (κ1) is 5.74. The lowest BCUT2D eigenvalue weighted by Gasteiger charge is -1.99. The first-order valence-corrected chi connectivity index (χ1v) is 2.27. The summed E-state index contributed by atoms with van der Waals surface area (Å²) in [4.78, 5) is 14.4. The third-order valence-corrected chi connectivity index (χ3v) is 0.596. The van der Waals surface area contributed by atoms with Crippen LogP contribution in [0.3, 0.4) is 0 Å². The van der Waals surface area contributed by atoms with Gasteiger partial charge in [0.15, 0.2) is 0 Å². The van der Waals surface area contributed by atoms with E-state index in [4.69, 9.17) is 0 Å². The topological polar surface area (TPSA) is 57.5 Å². The standard InChI is InChI=1S/C4H5NO4/c1-2-3-7-5-8-4(6)9-5/h2H,1,3H2. The van der Waals surface area contributed by atoms with E-state index in [0.717, 1.165) is 0 Å². The van der Waals surface area contributed by atoms with E-state index in [0.29, 0.717) is 5.08 Å². The van der Waals surface area contributed by atoms with Gasteiger partial charge in [0.1, 0.15) is 11.7 Å². The third-order valence-electron chi connectivity index (χ3n) is 0.596. The molecule has 1 aromatic heterocycles. The number of hydrogen-bond acceptors (Lipinski definition) is 4. The van der Waals surface area contributed by atoms with Crippen molar-refractivity contribution in [3.05, 3.63) is 23.3 Å². The number of rotatable bonds is 3. The molecule has 0 N–H and O–H groups in total. The molecule has 0 aliphatic carbocycles. The second kappa shape index (κ2) is 2.25. The molecule has 0 spiro atoms. The molecule has 1 aromatic rings. The molecule has 0 radical (unpaired) electrons. The van der Waals surface area contributed by atoms with Crippen LogP contribution < -0.4 is 10.7 Å². The van der Waals surface area contributed by atoms with Crippen molar-refractivity contribution in [1.29, 1.82) is 0 Å². The first-order valence-electron chi connectivity index (χ1n) is 2.27. The van der Waals surface area contributed by atoms with E-state index in [1.165, 1.54) is 6.08 Å². The van der Waals surface area contributed by atoms with Crippen molar-refractivity contribution in [2.24, 2.45) is 0 Å². The van der Waals surface area contributed by atoms with Crippen molar-refractivity contribution < 1.29 is 13.9 Å². The molecular weight excluding hydrogens is 126 g/mol. The molecule has 0 aliphatic heterocycles. The molecule has 0 aromatic carbocycles. The first-order chi connectivity index (χ1) is 4.33. The molecule has 0 aliphatic rings. The minimum Gasteiger partial charge on any atom is -0.353 e. The normalized spacial score (nSPS) is 9.33. The highest BCUT2D eigenvalue weighted by atomic mass is 17.0. The van der Waals surface area contributed by atoms with Gasteiger partial charge in [-0.3, -0.25) is 0 Å². The Morgan fingerprint density at radius 2 is 2.44 bits per heavy atom. The third kappa shape index (κ3) is 1.25. The van der Waals surface area contributed by atoms with E-state index in [-0.39, 0.29) is 6.61 Å². The zero-order valence-corrected chi connectivity index (χ0v) is 4.57. The molecule has 0 bridgehead atoms. The van der Waals surface area contributed by atoms with Gasteiger partial charge in [-0.2, -0.15) is 4.79 Å². The van der Waals surface area contributed by atoms with Gasteiger partial charge in [0.05, 0.1) is 0 Å². The Morgan fingerprint density at radius 3 is 2.89 bits per heavy atom. The second-order valence-corrected chi connectivity index (χ2v) is 1.24. The molecule has 1 heterocycles. The van der Waals surface area contributed by atoms with Gasteiger partial charge in [-0.25, -0.2) is 9.05 Å². The van der Waals surface area contributed by atoms with Crippen molar-refractivity contribution in [2.75, 3.05) is 6.61 Å². The predicted molar refractivity (Wildman–Crippen MR) is 26.9 cm³/mol. The fourth-order valence-corrected chi connectivity index (χ4v) is 0.295. The minimum absolute atomic E-state index is 0.243. The predicted octanol–water partition coefficient (Wildman–Crippen LogP) is -0.351. The summed E-state index contributed by atoms with van der Waals surface area (Å²) < 4.78 is 8.29. The molecule has 1 rings (SSSR count). The van der Waals surface area contributed by atoms with Crippen molar-refractivity contribution >= 4 is 0 Å². The van der Waals surface area contributed by atoms with Crippen molar-refractivity contribution in [1.82, 2.24) is 5.08 Å². The van der Waals surface area contributed by atoms with Crippen LogP contribution in [0, 0.1) is 0 Å². The lowest BCUT2D eigenvalue weighted by atomic mass is 10.7. The average Bonchev–Trinajstić information content (AvgIpc) is 1.78. The summed E-state index contributed by atoms with van der Waals surface area (Å²) in [6.45, 7) is 3.61. The van der Waals surface area contributed by atoms with E-state index in [2.05, 4.69) is 20.5 Å². The molecule has 9 heavy (non-hydrogen) atoms. The van der Waals surface area contributed by atoms with Crippen molar-refractivity contribution in [2.45, 2.75) is 0 Å². The summed E-state index contributed by atoms with van der Waals surface area (Å²) in [6, 6.07) is 0. The Kier molecular flexibility index (Phi) is 1.44. The Balaban J connectivity index is 2.35. The Bertz CT molecular complexity index is 214. The maximum atomic E-state index is 9.88. The molecule has 0 unspecified atom stereocenters. The molecule has 5 heteroatoms. The van der Waals surface area contributed by atoms with Gasteiger partial charge < -0.3 is 4.84 Å². The van der Waals surface area contributed by atoms with Crippen molar-refractivity contribution in [3.8, 4) is 0 Å². The summed E-state index contributed by atoms with van der Waals surface area (Å²) in [5, 5.41) is 0.615. The fourth-order valence-electron chi connectivity index (χ4n) is 0.295.